The summed E-state index contributed by atoms with van der Waals surface area (Å²) in [5.74, 6) is 0.973. The highest BCUT2D eigenvalue weighted by Gasteiger charge is 2.24. The van der Waals surface area contributed by atoms with Crippen LogP contribution in [0.4, 0.5) is 0 Å². The fraction of sp³-hybridized carbons (Fsp3) is 0.688. The fourth-order valence-corrected chi connectivity index (χ4v) is 3.99. The lowest BCUT2D eigenvalue weighted by atomic mass is 9.94. The molecule has 5 heteroatoms. The third-order valence-corrected chi connectivity index (χ3v) is 5.47. The molecule has 3 heterocycles. The molecular weight excluding hydrogens is 282 g/mol. The van der Waals surface area contributed by atoms with Gasteiger partial charge in [0.25, 0.3) is 0 Å². The van der Waals surface area contributed by atoms with Gasteiger partial charge in [-0.3, -0.25) is 9.69 Å². The lowest BCUT2D eigenvalue weighted by Crippen LogP contribution is -2.48. The van der Waals surface area contributed by atoms with E-state index in [1.807, 2.05) is 11.3 Å². The molecule has 1 aromatic rings. The van der Waals surface area contributed by atoms with E-state index >= 15 is 0 Å². The van der Waals surface area contributed by atoms with Gasteiger partial charge in [-0.25, -0.2) is 0 Å². The van der Waals surface area contributed by atoms with Gasteiger partial charge >= 0.3 is 0 Å². The summed E-state index contributed by atoms with van der Waals surface area (Å²) in [5, 5.41) is 5.50. The number of carbonyl (C=O) groups excluding carboxylic acids is 1. The lowest BCUT2D eigenvalue weighted by Gasteiger charge is -2.35. The zero-order chi connectivity index (χ0) is 14.5. The molecule has 0 atom stereocenters. The van der Waals surface area contributed by atoms with E-state index in [0.29, 0.717) is 11.8 Å². The summed E-state index contributed by atoms with van der Waals surface area (Å²) in [5.41, 5.74) is 0. The molecule has 2 aliphatic heterocycles. The van der Waals surface area contributed by atoms with Crippen LogP contribution in [0.15, 0.2) is 17.5 Å². The number of carbonyl (C=O) groups is 1. The van der Waals surface area contributed by atoms with Crippen LogP contribution in [-0.4, -0.2) is 55.0 Å². The highest BCUT2D eigenvalue weighted by molar-refractivity contribution is 7.09. The Labute approximate surface area is 131 Å². The van der Waals surface area contributed by atoms with E-state index < -0.39 is 0 Å². The van der Waals surface area contributed by atoms with Crippen molar-refractivity contribution in [3.8, 4) is 0 Å². The van der Waals surface area contributed by atoms with Gasteiger partial charge in [-0.2, -0.15) is 0 Å². The van der Waals surface area contributed by atoms with Crippen LogP contribution in [-0.2, 0) is 11.3 Å². The predicted molar refractivity (Wildman–Crippen MR) is 86.4 cm³/mol. The van der Waals surface area contributed by atoms with Crippen molar-refractivity contribution in [1.82, 2.24) is 15.1 Å². The zero-order valence-electron chi connectivity index (χ0n) is 12.6. The van der Waals surface area contributed by atoms with Crippen LogP contribution in [0.2, 0.25) is 0 Å². The number of nitrogens with one attached hydrogen (secondary N) is 1. The molecule has 2 saturated heterocycles. The molecule has 1 amide bonds. The van der Waals surface area contributed by atoms with Gasteiger partial charge < -0.3 is 10.2 Å². The Hall–Kier alpha value is -0.910. The van der Waals surface area contributed by atoms with E-state index in [9.17, 15) is 4.79 Å². The molecule has 0 saturated carbocycles. The Balaban J connectivity index is 1.41. The number of hydrogen-bond acceptors (Lipinski definition) is 4. The summed E-state index contributed by atoms with van der Waals surface area (Å²) in [4.78, 5) is 18.3. The van der Waals surface area contributed by atoms with E-state index in [1.165, 1.54) is 4.88 Å². The molecule has 21 heavy (non-hydrogen) atoms. The van der Waals surface area contributed by atoms with E-state index in [-0.39, 0.29) is 0 Å². The molecule has 1 aromatic heterocycles. The second-order valence-electron chi connectivity index (χ2n) is 6.13. The molecule has 3 rings (SSSR count). The second kappa shape index (κ2) is 7.38. The first-order valence-corrected chi connectivity index (χ1v) is 8.92. The van der Waals surface area contributed by atoms with E-state index in [2.05, 4.69) is 32.6 Å². The van der Waals surface area contributed by atoms with Crippen molar-refractivity contribution in [2.24, 2.45) is 5.92 Å². The summed E-state index contributed by atoms with van der Waals surface area (Å²) in [6, 6.07) is 4.30. The summed E-state index contributed by atoms with van der Waals surface area (Å²) in [6.45, 7) is 7.00. The molecule has 0 spiro atoms. The van der Waals surface area contributed by atoms with Crippen LogP contribution in [0.3, 0.4) is 0 Å². The summed E-state index contributed by atoms with van der Waals surface area (Å²) in [6.07, 6.45) is 3.07. The molecule has 116 valence electrons. The number of thiophene rings is 1. The van der Waals surface area contributed by atoms with E-state index in [1.54, 1.807) is 0 Å². The first-order chi connectivity index (χ1) is 10.3. The number of amides is 1. The van der Waals surface area contributed by atoms with Gasteiger partial charge in [-0.05, 0) is 43.3 Å². The van der Waals surface area contributed by atoms with Crippen molar-refractivity contribution >= 4 is 17.2 Å². The fourth-order valence-electron chi connectivity index (χ4n) is 3.24. The molecule has 2 fully saturated rings. The number of piperazine rings is 1. The summed E-state index contributed by atoms with van der Waals surface area (Å²) in [7, 11) is 0. The average Bonchev–Trinajstić information content (AvgIpc) is 3.02. The first-order valence-electron chi connectivity index (χ1n) is 8.04. The van der Waals surface area contributed by atoms with Gasteiger partial charge in [0, 0.05) is 44.0 Å². The largest absolute Gasteiger partial charge is 0.340 e. The van der Waals surface area contributed by atoms with Gasteiger partial charge in [0.2, 0.25) is 5.91 Å². The molecule has 0 unspecified atom stereocenters. The molecular formula is C16H25N3OS. The molecule has 1 N–H and O–H groups in total. The second-order valence-corrected chi connectivity index (χ2v) is 7.17. The zero-order valence-corrected chi connectivity index (χ0v) is 13.4. The molecule has 0 radical (unpaired) electrons. The maximum absolute atomic E-state index is 12.4. The number of piperidine rings is 1. The maximum atomic E-state index is 12.4. The smallest absolute Gasteiger partial charge is 0.222 e. The van der Waals surface area contributed by atoms with Crippen LogP contribution in [0.1, 0.15) is 24.1 Å². The summed E-state index contributed by atoms with van der Waals surface area (Å²) < 4.78 is 0. The first kappa shape index (κ1) is 15.0. The van der Waals surface area contributed by atoms with Gasteiger partial charge in [0.1, 0.15) is 0 Å². The Morgan fingerprint density at radius 3 is 2.67 bits per heavy atom. The molecule has 4 nitrogen and oxygen atoms in total. The Morgan fingerprint density at radius 2 is 2.00 bits per heavy atom. The SMILES string of the molecule is O=C(CC1CCNCC1)N1CCN(Cc2cccs2)CC1. The van der Waals surface area contributed by atoms with Crippen molar-refractivity contribution in [2.75, 3.05) is 39.3 Å². The van der Waals surface area contributed by atoms with Crippen LogP contribution < -0.4 is 5.32 Å². The molecule has 0 aromatic carbocycles. The minimum Gasteiger partial charge on any atom is -0.340 e. The van der Waals surface area contributed by atoms with Crippen LogP contribution in [0, 0.1) is 5.92 Å². The van der Waals surface area contributed by atoms with Crippen molar-refractivity contribution in [1.29, 1.82) is 0 Å². The highest BCUT2D eigenvalue weighted by Crippen LogP contribution is 2.18. The van der Waals surface area contributed by atoms with Gasteiger partial charge in [0.15, 0.2) is 0 Å². The van der Waals surface area contributed by atoms with Crippen LogP contribution in [0.25, 0.3) is 0 Å². The third-order valence-electron chi connectivity index (χ3n) is 4.61. The molecule has 2 aliphatic rings. The predicted octanol–water partition coefficient (Wildman–Crippen LogP) is 1.78. The Bertz CT molecular complexity index is 434. The topological polar surface area (TPSA) is 35.6 Å². The Kier molecular flexibility index (Phi) is 5.27. The lowest BCUT2D eigenvalue weighted by molar-refractivity contribution is -0.134. The monoisotopic (exact) mass is 307 g/mol. The average molecular weight is 307 g/mol. The Morgan fingerprint density at radius 1 is 1.24 bits per heavy atom. The number of nitrogens with zero attached hydrogens (tertiary/aromatic N) is 2. The van der Waals surface area contributed by atoms with E-state index in [4.69, 9.17) is 0 Å². The van der Waals surface area contributed by atoms with Crippen molar-refractivity contribution < 1.29 is 4.79 Å². The third kappa shape index (κ3) is 4.28. The minimum atomic E-state index is 0.373. The van der Waals surface area contributed by atoms with Crippen LogP contribution >= 0.6 is 11.3 Å². The maximum Gasteiger partial charge on any atom is 0.222 e. The van der Waals surface area contributed by atoms with Crippen molar-refractivity contribution in [3.05, 3.63) is 22.4 Å². The molecule has 0 aliphatic carbocycles. The minimum absolute atomic E-state index is 0.373. The van der Waals surface area contributed by atoms with Crippen LogP contribution in [0.5, 0.6) is 0 Å². The van der Waals surface area contributed by atoms with Gasteiger partial charge in [0.05, 0.1) is 0 Å². The normalized spacial score (nSPS) is 21.6. The molecule has 0 bridgehead atoms. The quantitative estimate of drug-likeness (QED) is 0.921. The summed E-state index contributed by atoms with van der Waals surface area (Å²) >= 11 is 1.82. The highest BCUT2D eigenvalue weighted by atomic mass is 32.1. The standard InChI is InChI=1S/C16H25N3OS/c20-16(12-14-3-5-17-6-4-14)19-9-7-18(8-10-19)13-15-2-1-11-21-15/h1-2,11,14,17H,3-10,12-13H2. The van der Waals surface area contributed by atoms with Crippen molar-refractivity contribution in [2.45, 2.75) is 25.8 Å². The van der Waals surface area contributed by atoms with E-state index in [0.717, 1.165) is 65.1 Å². The van der Waals surface area contributed by atoms with Gasteiger partial charge in [-0.15, -0.1) is 11.3 Å². The number of hydrogen-bond donors (Lipinski definition) is 1. The number of rotatable bonds is 4. The van der Waals surface area contributed by atoms with Crippen molar-refractivity contribution in [3.63, 3.8) is 0 Å². The van der Waals surface area contributed by atoms with Gasteiger partial charge in [-0.1, -0.05) is 6.07 Å².